The lowest BCUT2D eigenvalue weighted by molar-refractivity contribution is 0.251. The fraction of sp³-hybridized carbons (Fsp3) is 0.364. The minimum atomic E-state index is -0.247. The first-order chi connectivity index (χ1) is 14.3. The number of benzene rings is 2. The van der Waals surface area contributed by atoms with Gasteiger partial charge in [0.15, 0.2) is 0 Å². The third-order valence-electron chi connectivity index (χ3n) is 5.90. The van der Waals surface area contributed by atoms with E-state index in [4.69, 9.17) is 0 Å². The molecule has 1 aromatic heterocycles. The summed E-state index contributed by atoms with van der Waals surface area (Å²) < 4.78 is 0. The standard InChI is InChI=1S/C22H26N6O/c29-22(24-19-6-5-7-20-18(19)15-23-25-20)26-28-13-10-16-14-17(8-9-21(16)28)27-11-3-1-2-4-12-27/h5-9,14-15H,1-4,10-13H2,(H,23,25)(H2,24,26,29). The number of carbonyl (C=O) groups is 1. The zero-order valence-corrected chi connectivity index (χ0v) is 16.4. The summed E-state index contributed by atoms with van der Waals surface area (Å²) in [6.07, 6.45) is 7.87. The average Bonchev–Trinajstić information content (AvgIpc) is 3.27. The van der Waals surface area contributed by atoms with Crippen molar-refractivity contribution in [3.8, 4) is 0 Å². The predicted molar refractivity (Wildman–Crippen MR) is 116 cm³/mol. The maximum atomic E-state index is 12.6. The second-order valence-corrected chi connectivity index (χ2v) is 7.82. The Bertz CT molecular complexity index is 1020. The summed E-state index contributed by atoms with van der Waals surface area (Å²) in [5.74, 6) is 0. The zero-order chi connectivity index (χ0) is 19.6. The number of aromatic amines is 1. The quantitative estimate of drug-likeness (QED) is 0.631. The van der Waals surface area contributed by atoms with Crippen LogP contribution >= 0.6 is 0 Å². The third-order valence-corrected chi connectivity index (χ3v) is 5.90. The molecule has 0 saturated carbocycles. The molecule has 0 atom stereocenters. The SMILES string of the molecule is O=C(Nc1cccc2[nH]ncc12)NN1CCc2cc(N3CCCCCC3)ccc21. The van der Waals surface area contributed by atoms with Crippen molar-refractivity contribution < 1.29 is 4.79 Å². The first kappa shape index (κ1) is 17.8. The Labute approximate surface area is 170 Å². The van der Waals surface area contributed by atoms with E-state index in [1.54, 1.807) is 6.20 Å². The second-order valence-electron chi connectivity index (χ2n) is 7.82. The summed E-state index contributed by atoms with van der Waals surface area (Å²) in [4.78, 5) is 15.1. The predicted octanol–water partition coefficient (Wildman–Crippen LogP) is 4.04. The van der Waals surface area contributed by atoms with Gasteiger partial charge in [-0.15, -0.1) is 0 Å². The van der Waals surface area contributed by atoms with Crippen LogP contribution in [-0.4, -0.2) is 35.9 Å². The highest BCUT2D eigenvalue weighted by molar-refractivity contribution is 6.00. The summed E-state index contributed by atoms with van der Waals surface area (Å²) >= 11 is 0. The lowest BCUT2D eigenvalue weighted by atomic mass is 10.1. The van der Waals surface area contributed by atoms with Gasteiger partial charge in [0.05, 0.1) is 23.1 Å². The van der Waals surface area contributed by atoms with Gasteiger partial charge in [-0.25, -0.2) is 10.2 Å². The van der Waals surface area contributed by atoms with Crippen LogP contribution in [0.15, 0.2) is 42.6 Å². The number of urea groups is 1. The molecule has 7 heteroatoms. The van der Waals surface area contributed by atoms with E-state index >= 15 is 0 Å². The second kappa shape index (κ2) is 7.66. The number of nitrogens with zero attached hydrogens (tertiary/aromatic N) is 3. The summed E-state index contributed by atoms with van der Waals surface area (Å²) in [6, 6.07) is 12.1. The number of fused-ring (bicyclic) bond motifs is 2. The molecule has 3 aromatic rings. The summed E-state index contributed by atoms with van der Waals surface area (Å²) in [6.45, 7) is 3.06. The number of H-pyrrole nitrogens is 1. The summed E-state index contributed by atoms with van der Waals surface area (Å²) in [5.41, 5.74) is 8.32. The van der Waals surface area contributed by atoms with Crippen LogP contribution in [0.2, 0.25) is 0 Å². The van der Waals surface area contributed by atoms with Crippen molar-refractivity contribution in [3.63, 3.8) is 0 Å². The molecule has 2 amide bonds. The third kappa shape index (κ3) is 3.60. The maximum absolute atomic E-state index is 12.6. The Kier molecular flexibility index (Phi) is 4.71. The first-order valence-electron chi connectivity index (χ1n) is 10.4. The van der Waals surface area contributed by atoms with Crippen LogP contribution in [0.5, 0.6) is 0 Å². The Morgan fingerprint density at radius 3 is 2.76 bits per heavy atom. The molecule has 3 N–H and O–H groups in total. The minimum absolute atomic E-state index is 0.247. The maximum Gasteiger partial charge on any atom is 0.338 e. The van der Waals surface area contributed by atoms with E-state index < -0.39 is 0 Å². The molecule has 0 aliphatic carbocycles. The van der Waals surface area contributed by atoms with Gasteiger partial charge in [-0.3, -0.25) is 10.1 Å². The molecule has 1 fully saturated rings. The average molecular weight is 390 g/mol. The fourth-order valence-corrected chi connectivity index (χ4v) is 4.38. The van der Waals surface area contributed by atoms with Crippen LogP contribution in [0.25, 0.3) is 10.9 Å². The number of rotatable bonds is 3. The van der Waals surface area contributed by atoms with Crippen LogP contribution in [0, 0.1) is 0 Å². The van der Waals surface area contributed by atoms with Gasteiger partial charge in [0.1, 0.15) is 0 Å². The van der Waals surface area contributed by atoms with Crippen molar-refractivity contribution in [3.05, 3.63) is 48.2 Å². The molecule has 0 bridgehead atoms. The van der Waals surface area contributed by atoms with Crippen LogP contribution in [0.1, 0.15) is 31.2 Å². The van der Waals surface area contributed by atoms with Crippen LogP contribution in [-0.2, 0) is 6.42 Å². The number of amides is 2. The van der Waals surface area contributed by atoms with Crippen LogP contribution in [0.3, 0.4) is 0 Å². The van der Waals surface area contributed by atoms with E-state index in [0.717, 1.165) is 48.3 Å². The molecule has 2 aliphatic rings. The van der Waals surface area contributed by atoms with Gasteiger partial charge in [-0.05, 0) is 55.2 Å². The van der Waals surface area contributed by atoms with Gasteiger partial charge in [-0.2, -0.15) is 5.10 Å². The van der Waals surface area contributed by atoms with E-state index in [1.807, 2.05) is 23.2 Å². The lowest BCUT2D eigenvalue weighted by Gasteiger charge is -2.24. The van der Waals surface area contributed by atoms with E-state index in [2.05, 4.69) is 44.0 Å². The minimum Gasteiger partial charge on any atom is -0.372 e. The van der Waals surface area contributed by atoms with Gasteiger partial charge >= 0.3 is 6.03 Å². The molecule has 0 spiro atoms. The van der Waals surface area contributed by atoms with Gasteiger partial charge in [0, 0.05) is 30.7 Å². The van der Waals surface area contributed by atoms with E-state index in [1.165, 1.54) is 36.9 Å². The summed E-state index contributed by atoms with van der Waals surface area (Å²) in [5, 5.41) is 12.7. The van der Waals surface area contributed by atoms with Gasteiger partial charge in [0.25, 0.3) is 0 Å². The normalized spacial score (nSPS) is 16.6. The number of aromatic nitrogens is 2. The fourth-order valence-electron chi connectivity index (χ4n) is 4.38. The molecule has 1 saturated heterocycles. The van der Waals surface area contributed by atoms with Crippen molar-refractivity contribution in [2.45, 2.75) is 32.1 Å². The summed E-state index contributed by atoms with van der Waals surface area (Å²) in [7, 11) is 0. The first-order valence-corrected chi connectivity index (χ1v) is 10.4. The molecule has 7 nitrogen and oxygen atoms in total. The number of hydrazine groups is 1. The molecule has 150 valence electrons. The Hall–Kier alpha value is -3.22. The largest absolute Gasteiger partial charge is 0.372 e. The molecule has 2 aliphatic heterocycles. The number of hydrogen-bond donors (Lipinski definition) is 3. The molecule has 0 radical (unpaired) electrons. The molecule has 29 heavy (non-hydrogen) atoms. The van der Waals surface area contributed by atoms with Crippen LogP contribution in [0.4, 0.5) is 21.9 Å². The molecular formula is C22H26N6O. The van der Waals surface area contributed by atoms with Gasteiger partial charge in [-0.1, -0.05) is 18.9 Å². The highest BCUT2D eigenvalue weighted by Crippen LogP contribution is 2.31. The smallest absolute Gasteiger partial charge is 0.338 e. The Morgan fingerprint density at radius 1 is 1.03 bits per heavy atom. The molecule has 0 unspecified atom stereocenters. The number of hydrogen-bond acceptors (Lipinski definition) is 4. The van der Waals surface area contributed by atoms with Crippen molar-refractivity contribution in [2.75, 3.05) is 34.9 Å². The van der Waals surface area contributed by atoms with E-state index in [9.17, 15) is 4.79 Å². The van der Waals surface area contributed by atoms with Crippen molar-refractivity contribution >= 4 is 34.0 Å². The van der Waals surface area contributed by atoms with E-state index in [-0.39, 0.29) is 6.03 Å². The Morgan fingerprint density at radius 2 is 1.90 bits per heavy atom. The molecule has 2 aromatic carbocycles. The topological polar surface area (TPSA) is 76.3 Å². The highest BCUT2D eigenvalue weighted by Gasteiger charge is 2.22. The van der Waals surface area contributed by atoms with Crippen LogP contribution < -0.4 is 20.7 Å². The lowest BCUT2D eigenvalue weighted by Crippen LogP contribution is -2.43. The molecule has 3 heterocycles. The zero-order valence-electron chi connectivity index (χ0n) is 16.4. The highest BCUT2D eigenvalue weighted by atomic mass is 16.2. The molecule has 5 rings (SSSR count). The van der Waals surface area contributed by atoms with Crippen molar-refractivity contribution in [1.82, 2.24) is 15.6 Å². The molecular weight excluding hydrogens is 364 g/mol. The van der Waals surface area contributed by atoms with Gasteiger partial charge < -0.3 is 10.2 Å². The monoisotopic (exact) mass is 390 g/mol. The van der Waals surface area contributed by atoms with E-state index in [0.29, 0.717) is 0 Å². The number of anilines is 3. The van der Waals surface area contributed by atoms with Crippen molar-refractivity contribution in [2.24, 2.45) is 0 Å². The van der Waals surface area contributed by atoms with Gasteiger partial charge in [0.2, 0.25) is 0 Å². The Balaban J connectivity index is 1.28. The number of carbonyl (C=O) groups excluding carboxylic acids is 1. The number of nitrogens with one attached hydrogen (secondary N) is 3. The van der Waals surface area contributed by atoms with Crippen molar-refractivity contribution in [1.29, 1.82) is 0 Å².